The number of nitrogens with one attached hydrogen (secondary N) is 1. The number of hydrogen-bond acceptors (Lipinski definition) is 5. The number of alkyl halides is 3. The van der Waals surface area contributed by atoms with E-state index < -0.39 is 12.8 Å². The molecule has 2 atom stereocenters. The molecule has 5 nitrogen and oxygen atoms in total. The summed E-state index contributed by atoms with van der Waals surface area (Å²) in [4.78, 5) is 4.05. The van der Waals surface area contributed by atoms with Crippen LogP contribution in [0.15, 0.2) is 4.52 Å². The van der Waals surface area contributed by atoms with Gasteiger partial charge in [0.2, 0.25) is 5.89 Å². The first kappa shape index (κ1) is 13.3. The van der Waals surface area contributed by atoms with Crippen LogP contribution in [0.25, 0.3) is 0 Å². The average molecular weight is 265 g/mol. The van der Waals surface area contributed by atoms with Crippen LogP contribution in [0.1, 0.15) is 24.6 Å². The van der Waals surface area contributed by atoms with Crippen molar-refractivity contribution < 1.29 is 22.4 Å². The van der Waals surface area contributed by atoms with Gasteiger partial charge in [-0.1, -0.05) is 12.1 Å². The fourth-order valence-electron chi connectivity index (χ4n) is 1.88. The molecule has 1 aliphatic rings. The summed E-state index contributed by atoms with van der Waals surface area (Å²) in [5.41, 5.74) is 0. The van der Waals surface area contributed by atoms with Gasteiger partial charge >= 0.3 is 6.18 Å². The zero-order valence-electron chi connectivity index (χ0n) is 9.83. The smallest absolute Gasteiger partial charge is 0.364 e. The molecule has 1 aromatic rings. The minimum Gasteiger partial charge on any atom is -0.364 e. The number of rotatable bonds is 4. The Balaban J connectivity index is 1.86. The van der Waals surface area contributed by atoms with Gasteiger partial charge in [0.15, 0.2) is 5.82 Å². The van der Waals surface area contributed by atoms with Gasteiger partial charge in [-0.2, -0.15) is 18.2 Å². The van der Waals surface area contributed by atoms with Gasteiger partial charge in [-0.3, -0.25) is 0 Å². The molecule has 102 valence electrons. The summed E-state index contributed by atoms with van der Waals surface area (Å²) in [5.74, 6) is 1.09. The molecule has 0 amide bonds. The van der Waals surface area contributed by atoms with Gasteiger partial charge in [-0.05, 0) is 12.5 Å². The summed E-state index contributed by atoms with van der Waals surface area (Å²) in [6, 6.07) is 0. The number of hydrogen-bond donors (Lipinski definition) is 1. The Morgan fingerprint density at radius 3 is 2.83 bits per heavy atom. The molecule has 0 saturated carbocycles. The van der Waals surface area contributed by atoms with Crippen LogP contribution in [0, 0.1) is 5.92 Å². The van der Waals surface area contributed by atoms with Gasteiger partial charge in [-0.15, -0.1) is 0 Å². The Bertz CT molecular complexity index is 394. The Morgan fingerprint density at radius 2 is 2.22 bits per heavy atom. The van der Waals surface area contributed by atoms with Crippen LogP contribution in [0.4, 0.5) is 13.2 Å². The molecular weight excluding hydrogens is 251 g/mol. The van der Waals surface area contributed by atoms with E-state index in [0.29, 0.717) is 11.8 Å². The second-order valence-corrected chi connectivity index (χ2v) is 4.40. The quantitative estimate of drug-likeness (QED) is 0.893. The van der Waals surface area contributed by atoms with Crippen LogP contribution in [-0.2, 0) is 11.3 Å². The largest absolute Gasteiger partial charge is 0.411 e. The van der Waals surface area contributed by atoms with E-state index in [1.165, 1.54) is 0 Å². The van der Waals surface area contributed by atoms with E-state index in [4.69, 9.17) is 4.52 Å². The molecule has 1 aromatic heterocycles. The topological polar surface area (TPSA) is 60.2 Å². The van der Waals surface area contributed by atoms with Crippen molar-refractivity contribution in [2.45, 2.75) is 25.6 Å². The molecule has 1 aliphatic heterocycles. The predicted octanol–water partition coefficient (Wildman–Crippen LogP) is 1.47. The molecule has 2 rings (SSSR count). The maximum atomic E-state index is 11.9. The van der Waals surface area contributed by atoms with E-state index in [1.807, 2.05) is 0 Å². The minimum absolute atomic E-state index is 0.119. The summed E-state index contributed by atoms with van der Waals surface area (Å²) >= 11 is 0. The fraction of sp³-hybridized carbons (Fsp3) is 0.800. The first-order valence-electron chi connectivity index (χ1n) is 5.63. The Labute approximate surface area is 102 Å². The highest BCUT2D eigenvalue weighted by atomic mass is 19.4. The highest BCUT2D eigenvalue weighted by Crippen LogP contribution is 2.26. The SMILES string of the molecule is C[C@@H]1CNC[C@H]1c1nc(COCC(F)(F)F)no1. The lowest BCUT2D eigenvalue weighted by atomic mass is 9.98. The monoisotopic (exact) mass is 265 g/mol. The van der Waals surface area contributed by atoms with E-state index in [-0.39, 0.29) is 18.3 Å². The van der Waals surface area contributed by atoms with Crippen molar-refractivity contribution in [2.24, 2.45) is 5.92 Å². The third-order valence-corrected chi connectivity index (χ3v) is 2.82. The van der Waals surface area contributed by atoms with Crippen LogP contribution in [-0.4, -0.2) is 36.0 Å². The van der Waals surface area contributed by atoms with Crippen molar-refractivity contribution in [3.8, 4) is 0 Å². The molecule has 0 aromatic carbocycles. The number of nitrogens with zero attached hydrogens (tertiary/aromatic N) is 2. The molecule has 0 radical (unpaired) electrons. The number of aromatic nitrogens is 2. The van der Waals surface area contributed by atoms with E-state index in [9.17, 15) is 13.2 Å². The van der Waals surface area contributed by atoms with Gasteiger partial charge in [0.1, 0.15) is 13.2 Å². The maximum absolute atomic E-state index is 11.9. The Morgan fingerprint density at radius 1 is 1.44 bits per heavy atom. The standard InChI is InChI=1S/C10H14F3N3O2/c1-6-2-14-3-7(6)9-15-8(16-18-9)4-17-5-10(11,12)13/h6-7,14H,2-5H2,1H3/t6-,7-/m1/s1. The molecule has 0 unspecified atom stereocenters. The molecule has 8 heteroatoms. The Hall–Kier alpha value is -1.15. The zero-order valence-corrected chi connectivity index (χ0v) is 9.83. The van der Waals surface area contributed by atoms with Crippen molar-refractivity contribution in [3.05, 3.63) is 11.7 Å². The highest BCUT2D eigenvalue weighted by molar-refractivity contribution is 5.00. The minimum atomic E-state index is -4.34. The molecule has 18 heavy (non-hydrogen) atoms. The molecule has 2 heterocycles. The van der Waals surface area contributed by atoms with Crippen LogP contribution >= 0.6 is 0 Å². The molecule has 1 saturated heterocycles. The van der Waals surface area contributed by atoms with Crippen LogP contribution in [0.3, 0.4) is 0 Å². The van der Waals surface area contributed by atoms with Crippen LogP contribution in [0.5, 0.6) is 0 Å². The highest BCUT2D eigenvalue weighted by Gasteiger charge is 2.30. The molecule has 0 aliphatic carbocycles. The normalized spacial score (nSPS) is 24.7. The lowest BCUT2D eigenvalue weighted by molar-refractivity contribution is -0.177. The van der Waals surface area contributed by atoms with Crippen LogP contribution in [0.2, 0.25) is 0 Å². The summed E-state index contributed by atoms with van der Waals surface area (Å²) in [6.07, 6.45) is -4.34. The van der Waals surface area contributed by atoms with E-state index in [2.05, 4.69) is 27.1 Å². The second kappa shape index (κ2) is 5.23. The summed E-state index contributed by atoms with van der Waals surface area (Å²) in [7, 11) is 0. The van der Waals surface area contributed by atoms with Crippen molar-refractivity contribution >= 4 is 0 Å². The van der Waals surface area contributed by atoms with Crippen molar-refractivity contribution in [3.63, 3.8) is 0 Å². The first-order valence-corrected chi connectivity index (χ1v) is 5.63. The van der Waals surface area contributed by atoms with Gasteiger partial charge in [0, 0.05) is 6.54 Å². The van der Waals surface area contributed by atoms with Crippen molar-refractivity contribution in [1.29, 1.82) is 0 Å². The third-order valence-electron chi connectivity index (χ3n) is 2.82. The molecular formula is C10H14F3N3O2. The summed E-state index contributed by atoms with van der Waals surface area (Å²) in [6.45, 7) is 2.06. The van der Waals surface area contributed by atoms with Crippen molar-refractivity contribution in [2.75, 3.05) is 19.7 Å². The zero-order chi connectivity index (χ0) is 13.2. The second-order valence-electron chi connectivity index (χ2n) is 4.40. The van der Waals surface area contributed by atoms with Gasteiger partial charge in [-0.25, -0.2) is 0 Å². The average Bonchev–Trinajstić information content (AvgIpc) is 2.84. The lowest BCUT2D eigenvalue weighted by Crippen LogP contribution is -2.17. The Kier molecular flexibility index (Phi) is 3.86. The van der Waals surface area contributed by atoms with E-state index >= 15 is 0 Å². The first-order chi connectivity index (χ1) is 8.46. The van der Waals surface area contributed by atoms with Gasteiger partial charge < -0.3 is 14.6 Å². The lowest BCUT2D eigenvalue weighted by Gasteiger charge is -2.07. The molecule has 0 spiro atoms. The number of halogens is 3. The third kappa shape index (κ3) is 3.42. The van der Waals surface area contributed by atoms with Crippen LogP contribution < -0.4 is 5.32 Å². The molecule has 1 N–H and O–H groups in total. The fourth-order valence-corrected chi connectivity index (χ4v) is 1.88. The molecule has 0 bridgehead atoms. The maximum Gasteiger partial charge on any atom is 0.411 e. The number of ether oxygens (including phenoxy) is 1. The van der Waals surface area contributed by atoms with E-state index in [1.54, 1.807) is 0 Å². The van der Waals surface area contributed by atoms with Crippen molar-refractivity contribution in [1.82, 2.24) is 15.5 Å². The van der Waals surface area contributed by atoms with Gasteiger partial charge in [0.05, 0.1) is 5.92 Å². The van der Waals surface area contributed by atoms with Gasteiger partial charge in [0.25, 0.3) is 0 Å². The molecule has 1 fully saturated rings. The van der Waals surface area contributed by atoms with E-state index in [0.717, 1.165) is 13.1 Å². The summed E-state index contributed by atoms with van der Waals surface area (Å²) in [5, 5.41) is 6.79. The summed E-state index contributed by atoms with van der Waals surface area (Å²) < 4.78 is 45.1. The predicted molar refractivity (Wildman–Crippen MR) is 54.8 cm³/mol.